The first-order chi connectivity index (χ1) is 13.9. The number of benzene rings is 3. The van der Waals surface area contributed by atoms with Gasteiger partial charge in [-0.05, 0) is 75.6 Å². The van der Waals surface area contributed by atoms with E-state index in [1.54, 1.807) is 23.9 Å². The first kappa shape index (κ1) is 20.4. The Labute approximate surface area is 190 Å². The predicted molar refractivity (Wildman–Crippen MR) is 124 cm³/mol. The van der Waals surface area contributed by atoms with Crippen molar-refractivity contribution in [3.63, 3.8) is 0 Å². The summed E-state index contributed by atoms with van der Waals surface area (Å²) < 4.78 is 0.833. The second kappa shape index (κ2) is 8.44. The van der Waals surface area contributed by atoms with Gasteiger partial charge in [-0.3, -0.25) is 0 Å². The highest BCUT2D eigenvalue weighted by Gasteiger charge is 2.21. The summed E-state index contributed by atoms with van der Waals surface area (Å²) in [5, 5.41) is 11.5. The number of rotatable bonds is 5. The zero-order valence-corrected chi connectivity index (χ0v) is 18.7. The van der Waals surface area contributed by atoms with Crippen LogP contribution in [0.3, 0.4) is 0 Å². The lowest BCUT2D eigenvalue weighted by molar-refractivity contribution is 0.0697. The fourth-order valence-electron chi connectivity index (χ4n) is 3.12. The van der Waals surface area contributed by atoms with Crippen molar-refractivity contribution in [2.24, 2.45) is 0 Å². The number of hydrogen-bond acceptors (Lipinski definition) is 2. The molecule has 2 N–H and O–H groups in total. The minimum Gasteiger partial charge on any atom is -0.478 e. The Morgan fingerprint density at radius 2 is 1.72 bits per heavy atom. The number of halogens is 3. The Bertz CT molecular complexity index is 1190. The zero-order valence-electron chi connectivity index (χ0n) is 14.8. The van der Waals surface area contributed by atoms with Crippen LogP contribution in [0.2, 0.25) is 10.0 Å². The number of fused-ring (bicyclic) bond motifs is 1. The van der Waals surface area contributed by atoms with Gasteiger partial charge in [0.1, 0.15) is 0 Å². The molecule has 3 nitrogen and oxygen atoms in total. The average Bonchev–Trinajstić information content (AvgIpc) is 3.10. The van der Waals surface area contributed by atoms with E-state index in [9.17, 15) is 4.79 Å². The van der Waals surface area contributed by atoms with Gasteiger partial charge in [-0.25, -0.2) is 4.79 Å². The molecular weight excluding hydrogens is 493 g/mol. The van der Waals surface area contributed by atoms with Crippen LogP contribution in [0.5, 0.6) is 0 Å². The minimum atomic E-state index is -0.937. The maximum Gasteiger partial charge on any atom is 0.335 e. The minimum absolute atomic E-state index is 0.0334. The van der Waals surface area contributed by atoms with Gasteiger partial charge in [-0.2, -0.15) is 0 Å². The van der Waals surface area contributed by atoms with Crippen molar-refractivity contribution in [3.05, 3.63) is 98.1 Å². The number of aromatic carboxylic acids is 1. The summed E-state index contributed by atoms with van der Waals surface area (Å²) in [6, 6.07) is 18.6. The van der Waals surface area contributed by atoms with Crippen molar-refractivity contribution >= 4 is 67.8 Å². The molecule has 4 aromatic rings. The summed E-state index contributed by atoms with van der Waals surface area (Å²) in [5.74, 6) is -0.937. The van der Waals surface area contributed by atoms with Crippen molar-refractivity contribution in [2.75, 3.05) is 0 Å². The molecular formula is C22H14BrCl2NO2S. The molecule has 1 aromatic heterocycles. The van der Waals surface area contributed by atoms with E-state index >= 15 is 0 Å². The number of thioether (sulfide) groups is 1. The van der Waals surface area contributed by atoms with Crippen LogP contribution in [-0.2, 0) is 0 Å². The van der Waals surface area contributed by atoms with Crippen molar-refractivity contribution in [3.8, 4) is 0 Å². The molecule has 0 spiro atoms. The van der Waals surface area contributed by atoms with Crippen molar-refractivity contribution in [2.45, 2.75) is 10.1 Å². The standard InChI is InChI=1S/C22H14BrCl2NO2S/c23-18-10-20-16(9-19(18)25)17(11-26-20)21(12-1-5-14(24)6-2-12)29-15-7-3-13(4-8-15)22(27)28/h1-11,21,26H,(H,27,28). The molecule has 0 aliphatic rings. The molecule has 0 saturated heterocycles. The van der Waals surface area contributed by atoms with Crippen LogP contribution in [0.4, 0.5) is 0 Å². The lowest BCUT2D eigenvalue weighted by atomic mass is 10.0. The van der Waals surface area contributed by atoms with Crippen LogP contribution < -0.4 is 0 Å². The molecule has 7 heteroatoms. The second-order valence-corrected chi connectivity index (χ2v) is 9.31. The molecule has 0 amide bonds. The Kier molecular flexibility index (Phi) is 5.93. The highest BCUT2D eigenvalue weighted by molar-refractivity contribution is 9.10. The van der Waals surface area contributed by atoms with Crippen LogP contribution in [-0.4, -0.2) is 16.1 Å². The average molecular weight is 507 g/mol. The number of H-pyrrole nitrogens is 1. The molecule has 146 valence electrons. The first-order valence-electron chi connectivity index (χ1n) is 8.64. The van der Waals surface area contributed by atoms with Crippen LogP contribution >= 0.6 is 50.9 Å². The van der Waals surface area contributed by atoms with Gasteiger partial charge in [-0.15, -0.1) is 11.8 Å². The van der Waals surface area contributed by atoms with E-state index in [1.807, 2.05) is 54.7 Å². The summed E-state index contributed by atoms with van der Waals surface area (Å²) in [7, 11) is 0. The summed E-state index contributed by atoms with van der Waals surface area (Å²) in [6.45, 7) is 0. The SMILES string of the molecule is O=C(O)c1ccc(SC(c2ccc(Cl)cc2)c2c[nH]c3cc(Br)c(Cl)cc23)cc1. The third-order valence-electron chi connectivity index (χ3n) is 4.57. The molecule has 0 aliphatic heterocycles. The van der Waals surface area contributed by atoms with Gasteiger partial charge in [0.25, 0.3) is 0 Å². The summed E-state index contributed by atoms with van der Waals surface area (Å²) in [4.78, 5) is 15.4. The van der Waals surface area contributed by atoms with Crippen LogP contribution in [0.1, 0.15) is 26.7 Å². The van der Waals surface area contributed by atoms with Gasteiger partial charge in [-0.1, -0.05) is 35.3 Å². The van der Waals surface area contributed by atoms with E-state index in [0.717, 1.165) is 31.4 Å². The maximum absolute atomic E-state index is 11.1. The number of aromatic nitrogens is 1. The smallest absolute Gasteiger partial charge is 0.335 e. The summed E-state index contributed by atoms with van der Waals surface area (Å²) >= 11 is 17.6. The maximum atomic E-state index is 11.1. The second-order valence-electron chi connectivity index (χ2n) is 6.43. The van der Waals surface area contributed by atoms with Gasteiger partial charge < -0.3 is 10.1 Å². The molecule has 1 unspecified atom stereocenters. The number of carboxylic acid groups (broad SMARTS) is 1. The van der Waals surface area contributed by atoms with Gasteiger partial charge in [0.05, 0.1) is 15.8 Å². The molecule has 1 heterocycles. The van der Waals surface area contributed by atoms with Crippen LogP contribution in [0.15, 0.2) is 76.2 Å². The van der Waals surface area contributed by atoms with Crippen molar-refractivity contribution in [1.29, 1.82) is 0 Å². The third-order valence-corrected chi connectivity index (χ3v) is 7.32. The van der Waals surface area contributed by atoms with Gasteiger partial charge in [0.15, 0.2) is 0 Å². The lowest BCUT2D eigenvalue weighted by Gasteiger charge is -2.17. The number of carbonyl (C=O) groups is 1. The Morgan fingerprint density at radius 1 is 1.03 bits per heavy atom. The fraction of sp³-hybridized carbons (Fsp3) is 0.0455. The molecule has 0 saturated carbocycles. The molecule has 4 rings (SSSR count). The quantitative estimate of drug-likeness (QED) is 0.271. The normalized spacial score (nSPS) is 12.2. The Balaban J connectivity index is 1.79. The first-order valence-corrected chi connectivity index (χ1v) is 11.1. The summed E-state index contributed by atoms with van der Waals surface area (Å²) in [6.07, 6.45) is 1.99. The fourth-order valence-corrected chi connectivity index (χ4v) is 4.93. The number of carboxylic acids is 1. The van der Waals surface area contributed by atoms with E-state index in [-0.39, 0.29) is 10.8 Å². The van der Waals surface area contributed by atoms with E-state index in [2.05, 4.69) is 20.9 Å². The van der Waals surface area contributed by atoms with Crippen LogP contribution in [0.25, 0.3) is 10.9 Å². The Hall–Kier alpha value is -1.92. The van der Waals surface area contributed by atoms with E-state index in [4.69, 9.17) is 28.3 Å². The topological polar surface area (TPSA) is 53.1 Å². The molecule has 0 radical (unpaired) electrons. The summed E-state index contributed by atoms with van der Waals surface area (Å²) in [5.41, 5.74) is 3.42. The Morgan fingerprint density at radius 3 is 2.38 bits per heavy atom. The van der Waals surface area contributed by atoms with Gasteiger partial charge in [0.2, 0.25) is 0 Å². The van der Waals surface area contributed by atoms with E-state index in [0.29, 0.717) is 10.0 Å². The molecule has 29 heavy (non-hydrogen) atoms. The highest BCUT2D eigenvalue weighted by Crippen LogP contribution is 2.44. The molecule has 0 fully saturated rings. The molecule has 0 bridgehead atoms. The molecule has 3 aromatic carbocycles. The van der Waals surface area contributed by atoms with Crippen molar-refractivity contribution in [1.82, 2.24) is 4.98 Å². The van der Waals surface area contributed by atoms with E-state index in [1.165, 1.54) is 0 Å². The molecule has 0 aliphatic carbocycles. The molecule has 1 atom stereocenters. The number of aromatic amines is 1. The lowest BCUT2D eigenvalue weighted by Crippen LogP contribution is -1.98. The zero-order chi connectivity index (χ0) is 20.5. The largest absolute Gasteiger partial charge is 0.478 e. The van der Waals surface area contributed by atoms with Crippen LogP contribution in [0, 0.1) is 0 Å². The number of nitrogens with one attached hydrogen (secondary N) is 1. The van der Waals surface area contributed by atoms with Gasteiger partial charge >= 0.3 is 5.97 Å². The van der Waals surface area contributed by atoms with Crippen molar-refractivity contribution < 1.29 is 9.90 Å². The third kappa shape index (κ3) is 4.33. The monoisotopic (exact) mass is 505 g/mol. The predicted octanol–water partition coefficient (Wildman–Crippen LogP) is 7.82. The highest BCUT2D eigenvalue weighted by atomic mass is 79.9. The van der Waals surface area contributed by atoms with Gasteiger partial charge in [0, 0.05) is 31.5 Å². The van der Waals surface area contributed by atoms with E-state index < -0.39 is 5.97 Å². The number of hydrogen-bond donors (Lipinski definition) is 2.